The van der Waals surface area contributed by atoms with Crippen LogP contribution in [0.1, 0.15) is 10.4 Å². The molecule has 22 heavy (non-hydrogen) atoms. The molecule has 0 aliphatic heterocycles. The molecule has 0 unspecified atom stereocenters. The van der Waals surface area contributed by atoms with E-state index in [0.717, 1.165) is 22.4 Å². The average Bonchev–Trinajstić information content (AvgIpc) is 2.48. The molecule has 0 radical (unpaired) electrons. The first-order valence-electron chi connectivity index (χ1n) is 6.10. The second-order valence-electron chi connectivity index (χ2n) is 4.54. The van der Waals surface area contributed by atoms with Gasteiger partial charge in [0.15, 0.2) is 11.1 Å². The Morgan fingerprint density at radius 2 is 1.95 bits per heavy atom. The summed E-state index contributed by atoms with van der Waals surface area (Å²) in [5.41, 5.74) is -1.30. The molecule has 0 spiro atoms. The van der Waals surface area contributed by atoms with Crippen molar-refractivity contribution in [3.8, 4) is 5.75 Å². The summed E-state index contributed by atoms with van der Waals surface area (Å²) in [6.07, 6.45) is 0. The van der Waals surface area contributed by atoms with Crippen molar-refractivity contribution < 1.29 is 19.1 Å². The molecule has 3 rings (SSSR count). The zero-order chi connectivity index (χ0) is 16.0. The van der Waals surface area contributed by atoms with Gasteiger partial charge in [-0.15, -0.1) is 0 Å². The molecule has 0 aliphatic carbocycles. The normalized spacial score (nSPS) is 11.0. The number of rotatable bonds is 1. The smallest absolute Gasteiger partial charge is 0.354 e. The second-order valence-corrected chi connectivity index (χ2v) is 6.25. The van der Waals surface area contributed by atoms with Gasteiger partial charge in [0.25, 0.3) is 0 Å². The van der Waals surface area contributed by atoms with Crippen molar-refractivity contribution in [2.45, 2.75) is 0 Å². The number of halogens is 2. The molecule has 0 atom stereocenters. The van der Waals surface area contributed by atoms with Crippen LogP contribution in [0.3, 0.4) is 0 Å². The minimum Gasteiger partial charge on any atom is -0.506 e. The first kappa shape index (κ1) is 15.1. The molecular formula is C15H8Br2O5. The van der Waals surface area contributed by atoms with Crippen LogP contribution in [-0.2, 0) is 4.74 Å². The van der Waals surface area contributed by atoms with Gasteiger partial charge in [-0.05, 0) is 44.9 Å². The molecule has 0 saturated heterocycles. The van der Waals surface area contributed by atoms with Crippen molar-refractivity contribution >= 4 is 59.6 Å². The summed E-state index contributed by atoms with van der Waals surface area (Å²) in [7, 11) is 1.12. The lowest BCUT2D eigenvalue weighted by Crippen LogP contribution is -2.15. The lowest BCUT2D eigenvalue weighted by molar-refractivity contribution is 0.0592. The van der Waals surface area contributed by atoms with Crippen molar-refractivity contribution in [3.05, 3.63) is 49.2 Å². The fourth-order valence-corrected chi connectivity index (χ4v) is 3.28. The van der Waals surface area contributed by atoms with Crippen LogP contribution in [0.15, 0.2) is 42.4 Å². The van der Waals surface area contributed by atoms with E-state index in [1.54, 1.807) is 6.07 Å². The van der Waals surface area contributed by atoms with Gasteiger partial charge in [0.05, 0.1) is 17.0 Å². The topological polar surface area (TPSA) is 76.7 Å². The Bertz CT molecular complexity index is 991. The van der Waals surface area contributed by atoms with Crippen LogP contribution >= 0.6 is 31.9 Å². The predicted molar refractivity (Wildman–Crippen MR) is 88.4 cm³/mol. The fourth-order valence-electron chi connectivity index (χ4n) is 2.25. The third-order valence-corrected chi connectivity index (χ3v) is 4.55. The molecule has 1 N–H and O–H groups in total. The van der Waals surface area contributed by atoms with Crippen LogP contribution in [0.5, 0.6) is 5.75 Å². The van der Waals surface area contributed by atoms with Crippen LogP contribution in [0.2, 0.25) is 0 Å². The molecule has 0 fully saturated rings. The predicted octanol–water partition coefficient (Wildman–Crippen LogP) is 3.96. The molecule has 112 valence electrons. The molecule has 0 bridgehead atoms. The number of fused-ring (bicyclic) bond motifs is 2. The zero-order valence-corrected chi connectivity index (χ0v) is 14.3. The fraction of sp³-hybridized carbons (Fsp3) is 0.0667. The van der Waals surface area contributed by atoms with Crippen LogP contribution in [0, 0.1) is 0 Å². The number of ether oxygens (including phenoxy) is 1. The maximum absolute atomic E-state index is 11.9. The Balaban J connectivity index is 2.51. The number of carbonyl (C=O) groups excluding carboxylic acids is 1. The first-order valence-corrected chi connectivity index (χ1v) is 7.68. The van der Waals surface area contributed by atoms with E-state index in [1.165, 1.54) is 0 Å². The maximum atomic E-state index is 11.9. The quantitative estimate of drug-likeness (QED) is 0.361. The lowest BCUT2D eigenvalue weighted by Gasteiger charge is -2.09. The highest BCUT2D eigenvalue weighted by Gasteiger charge is 2.23. The maximum Gasteiger partial charge on any atom is 0.354 e. The Morgan fingerprint density at radius 1 is 1.23 bits per heavy atom. The van der Waals surface area contributed by atoms with E-state index in [4.69, 9.17) is 4.42 Å². The first-order chi connectivity index (χ1) is 10.4. The van der Waals surface area contributed by atoms with Gasteiger partial charge in [-0.25, -0.2) is 9.59 Å². The van der Waals surface area contributed by atoms with E-state index in [0.29, 0.717) is 4.47 Å². The van der Waals surface area contributed by atoms with E-state index < -0.39 is 22.9 Å². The van der Waals surface area contributed by atoms with Gasteiger partial charge in [0.2, 0.25) is 0 Å². The highest BCUT2D eigenvalue weighted by atomic mass is 79.9. The zero-order valence-electron chi connectivity index (χ0n) is 11.1. The highest BCUT2D eigenvalue weighted by Crippen LogP contribution is 2.37. The lowest BCUT2D eigenvalue weighted by atomic mass is 10.1. The minimum atomic E-state index is -0.950. The molecule has 1 aromatic heterocycles. The van der Waals surface area contributed by atoms with Gasteiger partial charge in [-0.3, -0.25) is 0 Å². The highest BCUT2D eigenvalue weighted by molar-refractivity contribution is 9.11. The molecule has 3 aromatic rings. The summed E-state index contributed by atoms with van der Waals surface area (Å²) in [5, 5.41) is 12.1. The van der Waals surface area contributed by atoms with Gasteiger partial charge >= 0.3 is 11.6 Å². The van der Waals surface area contributed by atoms with E-state index in [-0.39, 0.29) is 11.0 Å². The Morgan fingerprint density at radius 3 is 2.64 bits per heavy atom. The Kier molecular flexibility index (Phi) is 3.70. The average molecular weight is 428 g/mol. The summed E-state index contributed by atoms with van der Waals surface area (Å²) in [4.78, 5) is 23.6. The Labute approximate surface area is 140 Å². The summed E-state index contributed by atoms with van der Waals surface area (Å²) >= 11 is 6.75. The SMILES string of the molecule is COC(=O)c1c(O)c2cc3cc(Br)ccc3c(Br)c2oc1=O. The number of aromatic hydroxyl groups is 1. The van der Waals surface area contributed by atoms with Crippen molar-refractivity contribution in [3.63, 3.8) is 0 Å². The van der Waals surface area contributed by atoms with Crippen LogP contribution in [0.25, 0.3) is 21.7 Å². The summed E-state index contributed by atoms with van der Waals surface area (Å²) in [6.45, 7) is 0. The number of hydrogen-bond acceptors (Lipinski definition) is 5. The molecular weight excluding hydrogens is 420 g/mol. The van der Waals surface area contributed by atoms with E-state index >= 15 is 0 Å². The molecule has 7 heteroatoms. The summed E-state index contributed by atoms with van der Waals surface area (Å²) in [6, 6.07) is 7.18. The molecule has 2 aromatic carbocycles. The van der Waals surface area contributed by atoms with Gasteiger partial charge in [-0.1, -0.05) is 22.0 Å². The van der Waals surface area contributed by atoms with Crippen molar-refractivity contribution in [1.29, 1.82) is 0 Å². The molecule has 1 heterocycles. The molecule has 0 aliphatic rings. The van der Waals surface area contributed by atoms with Gasteiger partial charge in [0, 0.05) is 4.47 Å². The van der Waals surface area contributed by atoms with Crippen LogP contribution in [-0.4, -0.2) is 18.2 Å². The Hall–Kier alpha value is -1.86. The molecule has 0 saturated carbocycles. The van der Waals surface area contributed by atoms with E-state index in [9.17, 15) is 14.7 Å². The van der Waals surface area contributed by atoms with Crippen molar-refractivity contribution in [2.24, 2.45) is 0 Å². The molecule has 0 amide bonds. The number of benzene rings is 2. The third kappa shape index (κ3) is 2.21. The second kappa shape index (κ2) is 5.40. The molecule has 5 nitrogen and oxygen atoms in total. The summed E-state index contributed by atoms with van der Waals surface area (Å²) in [5.74, 6) is -1.40. The van der Waals surface area contributed by atoms with Gasteiger partial charge < -0.3 is 14.3 Å². The number of hydrogen-bond donors (Lipinski definition) is 1. The monoisotopic (exact) mass is 426 g/mol. The van der Waals surface area contributed by atoms with Crippen LogP contribution < -0.4 is 5.63 Å². The van der Waals surface area contributed by atoms with E-state index in [1.807, 2.05) is 18.2 Å². The van der Waals surface area contributed by atoms with Crippen molar-refractivity contribution in [2.75, 3.05) is 7.11 Å². The summed E-state index contributed by atoms with van der Waals surface area (Å²) < 4.78 is 11.1. The van der Waals surface area contributed by atoms with Gasteiger partial charge in [0.1, 0.15) is 5.75 Å². The largest absolute Gasteiger partial charge is 0.506 e. The van der Waals surface area contributed by atoms with E-state index in [2.05, 4.69) is 36.6 Å². The standard InChI is InChI=1S/C15H8Br2O5/c1-21-14(19)10-12(18)9-5-6-4-7(16)2-3-8(6)11(17)13(9)22-15(10)20/h2-5,18H,1H3. The number of esters is 1. The van der Waals surface area contributed by atoms with Crippen molar-refractivity contribution in [1.82, 2.24) is 0 Å². The third-order valence-electron chi connectivity index (χ3n) is 3.27. The minimum absolute atomic E-state index is 0.171. The number of carbonyl (C=O) groups is 1. The van der Waals surface area contributed by atoms with Gasteiger partial charge in [-0.2, -0.15) is 0 Å². The number of methoxy groups -OCH3 is 1. The van der Waals surface area contributed by atoms with Crippen LogP contribution in [0.4, 0.5) is 0 Å².